The van der Waals surface area contributed by atoms with Crippen molar-refractivity contribution in [1.29, 1.82) is 0 Å². The van der Waals surface area contributed by atoms with Crippen LogP contribution in [0.25, 0.3) is 0 Å². The third kappa shape index (κ3) is 9.25. The van der Waals surface area contributed by atoms with Crippen LogP contribution < -0.4 is 9.47 Å². The Bertz CT molecular complexity index is 605. The SMILES string of the molecule is CC(OCCOC(=O)OCCOC(C)Oc1ccccc1)Oc1ccccc1. The summed E-state index contributed by atoms with van der Waals surface area (Å²) in [5.41, 5.74) is 0. The molecule has 7 nitrogen and oxygen atoms in total. The van der Waals surface area contributed by atoms with Gasteiger partial charge in [-0.15, -0.1) is 0 Å². The van der Waals surface area contributed by atoms with Crippen LogP contribution in [0.4, 0.5) is 4.79 Å². The predicted molar refractivity (Wildman–Crippen MR) is 102 cm³/mol. The molecule has 2 aromatic carbocycles. The first-order valence-corrected chi connectivity index (χ1v) is 9.09. The van der Waals surface area contributed by atoms with Crippen molar-refractivity contribution >= 4 is 6.16 Å². The summed E-state index contributed by atoms with van der Waals surface area (Å²) in [6.07, 6.45) is -1.69. The molecular formula is C21H26O7. The normalized spacial score (nSPS) is 12.6. The van der Waals surface area contributed by atoms with Gasteiger partial charge in [0.05, 0.1) is 13.2 Å². The Labute approximate surface area is 165 Å². The summed E-state index contributed by atoms with van der Waals surface area (Å²) in [5.74, 6) is 1.42. The topological polar surface area (TPSA) is 72.5 Å². The Balaban J connectivity index is 1.46. The molecule has 0 radical (unpaired) electrons. The van der Waals surface area contributed by atoms with Gasteiger partial charge >= 0.3 is 6.16 Å². The van der Waals surface area contributed by atoms with Crippen LogP contribution in [0, 0.1) is 0 Å². The van der Waals surface area contributed by atoms with E-state index in [0.29, 0.717) is 11.5 Å². The zero-order valence-corrected chi connectivity index (χ0v) is 16.1. The van der Waals surface area contributed by atoms with Crippen molar-refractivity contribution in [3.63, 3.8) is 0 Å². The summed E-state index contributed by atoms with van der Waals surface area (Å²) in [5, 5.41) is 0. The molecule has 2 rings (SSSR count). The number of hydrogen-bond donors (Lipinski definition) is 0. The first kappa shape index (κ1) is 21.5. The summed E-state index contributed by atoms with van der Waals surface area (Å²) in [6.45, 7) is 4.05. The fraction of sp³-hybridized carbons (Fsp3) is 0.381. The number of rotatable bonds is 12. The maximum Gasteiger partial charge on any atom is 0.508 e. The number of hydrogen-bond acceptors (Lipinski definition) is 7. The second-order valence-electron chi connectivity index (χ2n) is 5.69. The lowest BCUT2D eigenvalue weighted by atomic mass is 10.3. The lowest BCUT2D eigenvalue weighted by Crippen LogP contribution is -2.22. The van der Waals surface area contributed by atoms with Crippen molar-refractivity contribution < 1.29 is 33.2 Å². The summed E-state index contributed by atoms with van der Waals surface area (Å²) in [4.78, 5) is 11.5. The van der Waals surface area contributed by atoms with E-state index >= 15 is 0 Å². The van der Waals surface area contributed by atoms with Gasteiger partial charge in [0, 0.05) is 0 Å². The minimum Gasteiger partial charge on any atom is -0.465 e. The molecule has 2 unspecified atom stereocenters. The van der Waals surface area contributed by atoms with Gasteiger partial charge in [-0.05, 0) is 38.1 Å². The molecule has 0 spiro atoms. The maximum atomic E-state index is 11.5. The monoisotopic (exact) mass is 390 g/mol. The van der Waals surface area contributed by atoms with E-state index < -0.39 is 18.7 Å². The Hall–Kier alpha value is -2.77. The quantitative estimate of drug-likeness (QED) is 0.308. The highest BCUT2D eigenvalue weighted by Crippen LogP contribution is 2.12. The van der Waals surface area contributed by atoms with Crippen molar-refractivity contribution in [2.45, 2.75) is 26.4 Å². The van der Waals surface area contributed by atoms with Gasteiger partial charge in [0.15, 0.2) is 12.6 Å². The minimum absolute atomic E-state index is 0.0652. The second-order valence-corrected chi connectivity index (χ2v) is 5.69. The minimum atomic E-state index is -0.777. The van der Waals surface area contributed by atoms with Gasteiger partial charge in [0.2, 0.25) is 0 Å². The maximum absolute atomic E-state index is 11.5. The molecule has 0 saturated heterocycles. The predicted octanol–water partition coefficient (Wildman–Crippen LogP) is 4.02. The van der Waals surface area contributed by atoms with Crippen LogP contribution in [0.3, 0.4) is 0 Å². The highest BCUT2D eigenvalue weighted by molar-refractivity contribution is 5.59. The van der Waals surface area contributed by atoms with Crippen LogP contribution in [-0.2, 0) is 18.9 Å². The molecule has 2 aromatic rings. The molecule has 0 N–H and O–H groups in total. The van der Waals surface area contributed by atoms with Gasteiger partial charge in [-0.1, -0.05) is 36.4 Å². The first-order valence-electron chi connectivity index (χ1n) is 9.09. The number of carbonyl (C=O) groups is 1. The number of ether oxygens (including phenoxy) is 6. The van der Waals surface area contributed by atoms with Crippen molar-refractivity contribution in [2.75, 3.05) is 26.4 Å². The van der Waals surface area contributed by atoms with E-state index in [4.69, 9.17) is 28.4 Å². The van der Waals surface area contributed by atoms with Crippen molar-refractivity contribution in [3.05, 3.63) is 60.7 Å². The van der Waals surface area contributed by atoms with Gasteiger partial charge in [0.25, 0.3) is 0 Å². The van der Waals surface area contributed by atoms with E-state index in [1.807, 2.05) is 60.7 Å². The van der Waals surface area contributed by atoms with Crippen molar-refractivity contribution in [3.8, 4) is 11.5 Å². The van der Waals surface area contributed by atoms with Crippen LogP contribution in [0.15, 0.2) is 60.7 Å². The lowest BCUT2D eigenvalue weighted by Gasteiger charge is -2.16. The van der Waals surface area contributed by atoms with Gasteiger partial charge < -0.3 is 28.4 Å². The van der Waals surface area contributed by atoms with Gasteiger partial charge in [-0.2, -0.15) is 0 Å². The molecule has 0 aliphatic heterocycles. The van der Waals surface area contributed by atoms with Crippen LogP contribution in [-0.4, -0.2) is 45.2 Å². The molecular weight excluding hydrogens is 364 g/mol. The average molecular weight is 390 g/mol. The third-order valence-electron chi connectivity index (χ3n) is 3.40. The number of carbonyl (C=O) groups excluding carboxylic acids is 1. The van der Waals surface area contributed by atoms with Gasteiger partial charge in [-0.25, -0.2) is 4.79 Å². The summed E-state index contributed by atoms with van der Waals surface area (Å²) in [7, 11) is 0. The Morgan fingerprint density at radius 3 is 1.46 bits per heavy atom. The van der Waals surface area contributed by atoms with Crippen LogP contribution in [0.5, 0.6) is 11.5 Å². The summed E-state index contributed by atoms with van der Waals surface area (Å²) >= 11 is 0. The molecule has 0 bridgehead atoms. The summed E-state index contributed by atoms with van der Waals surface area (Å²) in [6, 6.07) is 18.6. The average Bonchev–Trinajstić information content (AvgIpc) is 2.70. The number of para-hydroxylation sites is 2. The molecule has 0 saturated carbocycles. The molecule has 7 heteroatoms. The summed E-state index contributed by atoms with van der Waals surface area (Å²) < 4.78 is 31.7. The highest BCUT2D eigenvalue weighted by Gasteiger charge is 2.08. The van der Waals surface area contributed by atoms with E-state index in [1.54, 1.807) is 13.8 Å². The zero-order chi connectivity index (χ0) is 20.0. The molecule has 0 aliphatic rings. The van der Waals surface area contributed by atoms with Crippen LogP contribution >= 0.6 is 0 Å². The Morgan fingerprint density at radius 2 is 1.07 bits per heavy atom. The van der Waals surface area contributed by atoms with E-state index in [1.165, 1.54) is 0 Å². The Kier molecular flexibility index (Phi) is 9.68. The first-order chi connectivity index (χ1) is 13.6. The number of benzene rings is 2. The van der Waals surface area contributed by atoms with Crippen molar-refractivity contribution in [1.82, 2.24) is 0 Å². The van der Waals surface area contributed by atoms with Gasteiger partial charge in [-0.3, -0.25) is 0 Å². The fourth-order valence-electron chi connectivity index (χ4n) is 2.17. The molecule has 152 valence electrons. The van der Waals surface area contributed by atoms with Crippen LogP contribution in [0.2, 0.25) is 0 Å². The highest BCUT2D eigenvalue weighted by atomic mass is 16.7. The molecule has 0 amide bonds. The van der Waals surface area contributed by atoms with Crippen LogP contribution in [0.1, 0.15) is 13.8 Å². The largest absolute Gasteiger partial charge is 0.508 e. The molecule has 2 atom stereocenters. The third-order valence-corrected chi connectivity index (χ3v) is 3.40. The van der Waals surface area contributed by atoms with E-state index in [-0.39, 0.29) is 26.4 Å². The molecule has 0 fully saturated rings. The van der Waals surface area contributed by atoms with Crippen molar-refractivity contribution in [2.24, 2.45) is 0 Å². The molecule has 0 aromatic heterocycles. The molecule has 28 heavy (non-hydrogen) atoms. The van der Waals surface area contributed by atoms with E-state index in [9.17, 15) is 4.79 Å². The lowest BCUT2D eigenvalue weighted by molar-refractivity contribution is -0.0890. The second kappa shape index (κ2) is 12.6. The molecule has 0 heterocycles. The zero-order valence-electron chi connectivity index (χ0n) is 16.1. The fourth-order valence-corrected chi connectivity index (χ4v) is 2.17. The standard InChI is InChI=1S/C21H26O7/c1-17(27-19-9-5-3-6-10-19)23-13-15-25-21(22)26-16-14-24-18(2)28-20-11-7-4-8-12-20/h3-12,17-18H,13-16H2,1-2H3. The Morgan fingerprint density at radius 1 is 0.679 bits per heavy atom. The molecule has 0 aliphatic carbocycles. The smallest absolute Gasteiger partial charge is 0.465 e. The van der Waals surface area contributed by atoms with Gasteiger partial charge in [0.1, 0.15) is 24.7 Å². The van der Waals surface area contributed by atoms with E-state index in [2.05, 4.69) is 0 Å². The van der Waals surface area contributed by atoms with E-state index in [0.717, 1.165) is 0 Å².